The maximum Gasteiger partial charge on any atom is 0.270 e. The van der Waals surface area contributed by atoms with Crippen molar-refractivity contribution in [2.45, 2.75) is 43.6 Å². The predicted molar refractivity (Wildman–Crippen MR) is 107 cm³/mol. The summed E-state index contributed by atoms with van der Waals surface area (Å²) in [5, 5.41) is 14.6. The molecule has 8 heteroatoms. The van der Waals surface area contributed by atoms with Gasteiger partial charge in [0.05, 0.1) is 39.8 Å². The summed E-state index contributed by atoms with van der Waals surface area (Å²) in [5.74, 6) is 0.691. The van der Waals surface area contributed by atoms with Crippen molar-refractivity contribution in [3.8, 4) is 6.07 Å². The molecule has 7 nitrogen and oxygen atoms in total. The van der Waals surface area contributed by atoms with Gasteiger partial charge in [0.1, 0.15) is 5.82 Å². The number of carbonyl (C=O) groups excluding carboxylic acids is 1. The molecule has 1 fully saturated rings. The molecule has 2 aliphatic heterocycles. The van der Waals surface area contributed by atoms with E-state index in [9.17, 15) is 9.59 Å². The van der Waals surface area contributed by atoms with Crippen LogP contribution in [0.5, 0.6) is 0 Å². The van der Waals surface area contributed by atoms with E-state index in [0.29, 0.717) is 23.6 Å². The molecular weight excluding hydrogens is 376 g/mol. The third kappa shape index (κ3) is 3.48. The lowest BCUT2D eigenvalue weighted by atomic mass is 9.94. The Hall–Kier alpha value is -2.50. The van der Waals surface area contributed by atoms with Crippen LogP contribution in [0, 0.1) is 11.3 Å². The average molecular weight is 398 g/mol. The van der Waals surface area contributed by atoms with Crippen LogP contribution in [0.15, 0.2) is 29.1 Å². The number of fused-ring (bicyclic) bond motifs is 1. The predicted octanol–water partition coefficient (Wildman–Crippen LogP) is 2.95. The Morgan fingerprint density at radius 2 is 2.04 bits per heavy atom. The van der Waals surface area contributed by atoms with Crippen LogP contribution in [0.4, 0.5) is 5.82 Å². The standard InChI is InChI=1S/C20H22N4O3S/c1-20(2)9-14(7-8-27-20)24-18-16(19(26)23-24)17(28-11-15(25)22-18)13-5-3-12(10-21)4-6-13/h3-6,14,17H,7-9,11H2,1-2H3,(H,22,25)(H,23,26)/t14-,17+/m1/s1. The number of hydrogen-bond acceptors (Lipinski definition) is 5. The number of ether oxygens (including phenoxy) is 1. The minimum absolute atomic E-state index is 0.0465. The molecule has 0 saturated carbocycles. The zero-order chi connectivity index (χ0) is 19.9. The second-order valence-corrected chi connectivity index (χ2v) is 8.89. The van der Waals surface area contributed by atoms with Crippen molar-refractivity contribution in [3.63, 3.8) is 0 Å². The normalized spacial score (nSPS) is 24.0. The van der Waals surface area contributed by atoms with E-state index in [-0.39, 0.29) is 34.1 Å². The van der Waals surface area contributed by atoms with Gasteiger partial charge >= 0.3 is 0 Å². The largest absolute Gasteiger partial charge is 0.375 e. The Morgan fingerprint density at radius 3 is 2.71 bits per heavy atom. The summed E-state index contributed by atoms with van der Waals surface area (Å²) < 4.78 is 7.62. The van der Waals surface area contributed by atoms with Gasteiger partial charge in [0.25, 0.3) is 5.56 Å². The van der Waals surface area contributed by atoms with Crippen molar-refractivity contribution >= 4 is 23.5 Å². The summed E-state index contributed by atoms with van der Waals surface area (Å²) in [5.41, 5.74) is 1.55. The lowest BCUT2D eigenvalue weighted by molar-refractivity contribution is -0.113. The second kappa shape index (κ2) is 7.15. The van der Waals surface area contributed by atoms with E-state index in [4.69, 9.17) is 10.00 Å². The summed E-state index contributed by atoms with van der Waals surface area (Å²) in [6, 6.07) is 9.33. The van der Waals surface area contributed by atoms with Gasteiger partial charge in [0.15, 0.2) is 0 Å². The van der Waals surface area contributed by atoms with Crippen molar-refractivity contribution < 1.29 is 9.53 Å². The first-order chi connectivity index (χ1) is 13.4. The fourth-order valence-electron chi connectivity index (χ4n) is 3.93. The Balaban J connectivity index is 1.79. The molecule has 1 amide bonds. The van der Waals surface area contributed by atoms with E-state index in [0.717, 1.165) is 18.4 Å². The molecule has 2 N–H and O–H groups in total. The SMILES string of the molecule is CC1(C)C[C@H](n2[nH]c(=O)c3c2NC(=O)CS[C@H]3c2ccc(C#N)cc2)CCO1. The van der Waals surface area contributed by atoms with Crippen molar-refractivity contribution in [1.29, 1.82) is 5.26 Å². The number of anilines is 1. The van der Waals surface area contributed by atoms with Gasteiger partial charge < -0.3 is 10.1 Å². The number of carbonyl (C=O) groups is 1. The van der Waals surface area contributed by atoms with Crippen LogP contribution >= 0.6 is 11.8 Å². The van der Waals surface area contributed by atoms with Crippen LogP contribution in [-0.4, -0.2) is 33.6 Å². The molecule has 0 radical (unpaired) electrons. The molecule has 0 aliphatic carbocycles. The van der Waals surface area contributed by atoms with Gasteiger partial charge in [-0.3, -0.25) is 19.4 Å². The third-order valence-corrected chi connectivity index (χ3v) is 6.51. The van der Waals surface area contributed by atoms with Crippen molar-refractivity contribution in [2.75, 3.05) is 17.7 Å². The molecule has 1 aromatic carbocycles. The lowest BCUT2D eigenvalue weighted by Gasteiger charge is -2.36. The molecular formula is C20H22N4O3S. The quantitative estimate of drug-likeness (QED) is 0.810. The van der Waals surface area contributed by atoms with Crippen LogP contribution in [0.3, 0.4) is 0 Å². The number of thioether (sulfide) groups is 1. The molecule has 1 saturated heterocycles. The number of aromatic nitrogens is 2. The third-order valence-electron chi connectivity index (χ3n) is 5.24. The van der Waals surface area contributed by atoms with Gasteiger partial charge in [-0.05, 0) is 44.4 Å². The number of nitriles is 1. The molecule has 2 atom stereocenters. The maximum atomic E-state index is 12.9. The van der Waals surface area contributed by atoms with E-state index in [2.05, 4.69) is 16.5 Å². The Kier molecular flexibility index (Phi) is 4.81. The second-order valence-electron chi connectivity index (χ2n) is 7.80. The van der Waals surface area contributed by atoms with Gasteiger partial charge in [0, 0.05) is 6.61 Å². The highest BCUT2D eigenvalue weighted by atomic mass is 32.2. The molecule has 3 heterocycles. The fourth-order valence-corrected chi connectivity index (χ4v) is 5.06. The summed E-state index contributed by atoms with van der Waals surface area (Å²) >= 11 is 1.42. The van der Waals surface area contributed by atoms with Crippen LogP contribution < -0.4 is 10.9 Å². The summed E-state index contributed by atoms with van der Waals surface area (Å²) in [7, 11) is 0. The van der Waals surface area contributed by atoms with Crippen LogP contribution in [0.25, 0.3) is 0 Å². The van der Waals surface area contributed by atoms with Crippen molar-refractivity contribution in [1.82, 2.24) is 9.78 Å². The zero-order valence-electron chi connectivity index (χ0n) is 15.8. The molecule has 0 unspecified atom stereocenters. The molecule has 2 aliphatic rings. The summed E-state index contributed by atoms with van der Waals surface area (Å²) in [6.45, 7) is 4.68. The molecule has 1 aromatic heterocycles. The molecule has 146 valence electrons. The van der Waals surface area contributed by atoms with Gasteiger partial charge in [-0.15, -0.1) is 11.8 Å². The number of benzene rings is 1. The highest BCUT2D eigenvalue weighted by Crippen LogP contribution is 2.42. The fraction of sp³-hybridized carbons (Fsp3) is 0.450. The van der Waals surface area contributed by atoms with Gasteiger partial charge in [0.2, 0.25) is 5.91 Å². The average Bonchev–Trinajstić information content (AvgIpc) is 2.87. The summed E-state index contributed by atoms with van der Waals surface area (Å²) in [4.78, 5) is 25.3. The van der Waals surface area contributed by atoms with E-state index < -0.39 is 0 Å². The first kappa shape index (κ1) is 18.8. The number of aromatic amines is 1. The number of rotatable bonds is 2. The number of hydrogen-bond donors (Lipinski definition) is 2. The minimum atomic E-state index is -0.285. The number of H-pyrrole nitrogens is 1. The number of nitrogens with one attached hydrogen (secondary N) is 2. The first-order valence-corrected chi connectivity index (χ1v) is 10.3. The first-order valence-electron chi connectivity index (χ1n) is 9.28. The van der Waals surface area contributed by atoms with Crippen molar-refractivity contribution in [3.05, 3.63) is 51.3 Å². The monoisotopic (exact) mass is 398 g/mol. The topological polar surface area (TPSA) is 99.9 Å². The number of nitrogens with zero attached hydrogens (tertiary/aromatic N) is 2. The Bertz CT molecular complexity index is 1000. The number of amides is 1. The lowest BCUT2D eigenvalue weighted by Crippen LogP contribution is -2.36. The highest BCUT2D eigenvalue weighted by molar-refractivity contribution is 8.00. The van der Waals surface area contributed by atoms with Gasteiger partial charge in [-0.25, -0.2) is 0 Å². The summed E-state index contributed by atoms with van der Waals surface area (Å²) in [6.07, 6.45) is 1.51. The minimum Gasteiger partial charge on any atom is -0.375 e. The van der Waals surface area contributed by atoms with Crippen LogP contribution in [-0.2, 0) is 9.53 Å². The van der Waals surface area contributed by atoms with Crippen LogP contribution in [0.2, 0.25) is 0 Å². The van der Waals surface area contributed by atoms with E-state index in [1.165, 1.54) is 11.8 Å². The van der Waals surface area contributed by atoms with E-state index in [1.807, 2.05) is 30.7 Å². The highest BCUT2D eigenvalue weighted by Gasteiger charge is 2.35. The van der Waals surface area contributed by atoms with E-state index in [1.54, 1.807) is 12.1 Å². The Labute approximate surface area is 167 Å². The van der Waals surface area contributed by atoms with Gasteiger partial charge in [-0.1, -0.05) is 12.1 Å². The smallest absolute Gasteiger partial charge is 0.270 e. The van der Waals surface area contributed by atoms with Crippen LogP contribution in [0.1, 0.15) is 54.7 Å². The molecule has 28 heavy (non-hydrogen) atoms. The Morgan fingerprint density at radius 1 is 1.29 bits per heavy atom. The van der Waals surface area contributed by atoms with Crippen molar-refractivity contribution in [2.24, 2.45) is 0 Å². The maximum absolute atomic E-state index is 12.9. The van der Waals surface area contributed by atoms with E-state index >= 15 is 0 Å². The molecule has 4 rings (SSSR count). The zero-order valence-corrected chi connectivity index (χ0v) is 16.6. The molecule has 2 aromatic rings. The molecule has 0 bridgehead atoms. The van der Waals surface area contributed by atoms with Gasteiger partial charge in [-0.2, -0.15) is 5.26 Å². The molecule has 0 spiro atoms.